The van der Waals surface area contributed by atoms with Gasteiger partial charge in [0.05, 0.1) is 12.3 Å². The number of Topliss-reactive ketones (excluding diaryl/α,β-unsaturated/α-hetero) is 1. The van der Waals surface area contributed by atoms with Crippen LogP contribution in [-0.2, 0) is 13.0 Å². The molecule has 156 valence electrons. The van der Waals surface area contributed by atoms with Gasteiger partial charge >= 0.3 is 0 Å². The average molecular weight is 429 g/mol. The Morgan fingerprint density at radius 1 is 0.903 bits per heavy atom. The van der Waals surface area contributed by atoms with Crippen molar-refractivity contribution in [3.8, 4) is 11.4 Å². The summed E-state index contributed by atoms with van der Waals surface area (Å²) in [6.45, 7) is 2.79. The number of ketones is 1. The minimum absolute atomic E-state index is 0.0905. The van der Waals surface area contributed by atoms with Gasteiger partial charge in [-0.15, -0.1) is 10.2 Å². The lowest BCUT2D eigenvalue weighted by atomic mass is 10.1. The molecule has 0 bridgehead atoms. The zero-order chi connectivity index (χ0) is 21.5. The van der Waals surface area contributed by atoms with Crippen LogP contribution in [0.5, 0.6) is 0 Å². The number of hydrogen-bond acceptors (Lipinski definition) is 5. The maximum Gasteiger partial charge on any atom is 0.192 e. The summed E-state index contributed by atoms with van der Waals surface area (Å²) in [6.07, 6.45) is 5.62. The number of benzene rings is 2. The Labute approximate surface area is 186 Å². The molecule has 0 spiro atoms. The molecular weight excluding hydrogens is 404 g/mol. The van der Waals surface area contributed by atoms with Crippen LogP contribution in [0.25, 0.3) is 11.4 Å². The van der Waals surface area contributed by atoms with Crippen molar-refractivity contribution < 1.29 is 4.79 Å². The molecule has 5 nitrogen and oxygen atoms in total. The number of hydrogen-bond donors (Lipinski definition) is 0. The third kappa shape index (κ3) is 5.27. The minimum Gasteiger partial charge on any atom is -0.298 e. The lowest BCUT2D eigenvalue weighted by Gasteiger charge is -2.10. The highest BCUT2D eigenvalue weighted by Gasteiger charge is 2.16. The summed E-state index contributed by atoms with van der Waals surface area (Å²) in [6, 6.07) is 22.0. The molecule has 0 N–H and O–H groups in total. The zero-order valence-electron chi connectivity index (χ0n) is 17.4. The Morgan fingerprint density at radius 3 is 2.35 bits per heavy atom. The monoisotopic (exact) mass is 428 g/mol. The van der Waals surface area contributed by atoms with Crippen LogP contribution in [0.3, 0.4) is 0 Å². The van der Waals surface area contributed by atoms with Gasteiger partial charge in [-0.25, -0.2) is 0 Å². The Kier molecular flexibility index (Phi) is 6.89. The van der Waals surface area contributed by atoms with Crippen molar-refractivity contribution in [3.05, 3.63) is 95.8 Å². The van der Waals surface area contributed by atoms with Crippen LogP contribution in [0.15, 0.2) is 84.3 Å². The van der Waals surface area contributed by atoms with E-state index in [-0.39, 0.29) is 5.78 Å². The molecule has 31 heavy (non-hydrogen) atoms. The first-order valence-corrected chi connectivity index (χ1v) is 11.4. The molecule has 0 radical (unpaired) electrons. The van der Waals surface area contributed by atoms with Crippen LogP contribution in [0.1, 0.15) is 34.8 Å². The third-order valence-corrected chi connectivity index (χ3v) is 5.95. The summed E-state index contributed by atoms with van der Waals surface area (Å²) >= 11 is 1.42. The average Bonchev–Trinajstić information content (AvgIpc) is 3.22. The molecular formula is C25H24N4OS. The molecule has 0 aliphatic carbocycles. The Morgan fingerprint density at radius 2 is 1.65 bits per heavy atom. The first-order valence-electron chi connectivity index (χ1n) is 10.4. The maximum atomic E-state index is 12.7. The van der Waals surface area contributed by atoms with Gasteiger partial charge in [0, 0.05) is 23.5 Å². The predicted octanol–water partition coefficient (Wildman–Crippen LogP) is 5.32. The number of aryl methyl sites for hydroxylation is 1. The van der Waals surface area contributed by atoms with Crippen LogP contribution in [0.2, 0.25) is 0 Å². The van der Waals surface area contributed by atoms with E-state index in [1.807, 2.05) is 54.6 Å². The molecule has 0 fully saturated rings. The van der Waals surface area contributed by atoms with E-state index >= 15 is 0 Å². The van der Waals surface area contributed by atoms with Crippen molar-refractivity contribution in [2.24, 2.45) is 0 Å². The van der Waals surface area contributed by atoms with Crippen molar-refractivity contribution in [1.82, 2.24) is 19.7 Å². The highest BCUT2D eigenvalue weighted by atomic mass is 32.2. The topological polar surface area (TPSA) is 60.7 Å². The fourth-order valence-corrected chi connectivity index (χ4v) is 4.21. The SMILES string of the molecule is CCCc1ccc(C(=O)CSc2nnc(-c3ccncc3)n2Cc2ccccc2)cc1. The maximum absolute atomic E-state index is 12.7. The molecule has 0 saturated heterocycles. The smallest absolute Gasteiger partial charge is 0.192 e. The van der Waals surface area contributed by atoms with Gasteiger partial charge < -0.3 is 0 Å². The quantitative estimate of drug-likeness (QED) is 0.267. The van der Waals surface area contributed by atoms with Gasteiger partial charge in [0.2, 0.25) is 0 Å². The van der Waals surface area contributed by atoms with E-state index in [1.165, 1.54) is 17.3 Å². The number of aromatic nitrogens is 4. The lowest BCUT2D eigenvalue weighted by molar-refractivity contribution is 0.102. The van der Waals surface area contributed by atoms with Crippen molar-refractivity contribution >= 4 is 17.5 Å². The molecule has 0 aliphatic rings. The summed E-state index contributed by atoms with van der Waals surface area (Å²) in [5, 5.41) is 9.54. The number of carbonyl (C=O) groups is 1. The van der Waals surface area contributed by atoms with Gasteiger partial charge in [0.15, 0.2) is 16.8 Å². The molecule has 6 heteroatoms. The third-order valence-electron chi connectivity index (χ3n) is 4.99. The Bertz CT molecular complexity index is 1130. The molecule has 2 heterocycles. The molecule has 0 atom stereocenters. The Balaban J connectivity index is 1.54. The molecule has 0 saturated carbocycles. The van der Waals surface area contributed by atoms with Crippen LogP contribution < -0.4 is 0 Å². The van der Waals surface area contributed by atoms with Gasteiger partial charge in [0.25, 0.3) is 0 Å². The second kappa shape index (κ2) is 10.2. The van der Waals surface area contributed by atoms with Crippen LogP contribution in [-0.4, -0.2) is 31.3 Å². The van der Waals surface area contributed by atoms with Crippen molar-refractivity contribution in [2.45, 2.75) is 31.5 Å². The summed E-state index contributed by atoms with van der Waals surface area (Å²) < 4.78 is 2.06. The minimum atomic E-state index is 0.0905. The standard InChI is InChI=1S/C25H24N4OS/c1-2-6-19-9-11-21(12-10-19)23(30)18-31-25-28-27-24(22-13-15-26-16-14-22)29(25)17-20-7-4-3-5-8-20/h3-5,7-16H,2,6,17-18H2,1H3. The highest BCUT2D eigenvalue weighted by Crippen LogP contribution is 2.25. The van der Waals surface area contributed by atoms with E-state index < -0.39 is 0 Å². The summed E-state index contributed by atoms with van der Waals surface area (Å²) in [4.78, 5) is 16.8. The van der Waals surface area contributed by atoms with Gasteiger partial charge in [-0.2, -0.15) is 0 Å². The molecule has 4 rings (SSSR count). The number of nitrogens with zero attached hydrogens (tertiary/aromatic N) is 4. The fourth-order valence-electron chi connectivity index (χ4n) is 3.38. The zero-order valence-corrected chi connectivity index (χ0v) is 18.3. The van der Waals surface area contributed by atoms with Crippen LogP contribution in [0, 0.1) is 0 Å². The first-order chi connectivity index (χ1) is 15.2. The number of carbonyl (C=O) groups excluding carboxylic acids is 1. The number of rotatable bonds is 9. The lowest BCUT2D eigenvalue weighted by Crippen LogP contribution is -2.07. The Hall–Kier alpha value is -3.25. The van der Waals surface area contributed by atoms with E-state index in [9.17, 15) is 4.79 Å². The number of pyridine rings is 1. The normalized spacial score (nSPS) is 10.9. The van der Waals surface area contributed by atoms with Gasteiger partial charge in [-0.05, 0) is 29.7 Å². The van der Waals surface area contributed by atoms with E-state index in [0.29, 0.717) is 12.3 Å². The molecule has 4 aromatic rings. The van der Waals surface area contributed by atoms with Crippen LogP contribution in [0.4, 0.5) is 0 Å². The molecule has 0 unspecified atom stereocenters. The van der Waals surface area contributed by atoms with Crippen LogP contribution >= 0.6 is 11.8 Å². The van der Waals surface area contributed by atoms with E-state index in [2.05, 4.69) is 38.8 Å². The van der Waals surface area contributed by atoms with Crippen molar-refractivity contribution in [1.29, 1.82) is 0 Å². The van der Waals surface area contributed by atoms with Gasteiger partial charge in [-0.3, -0.25) is 14.3 Å². The van der Waals surface area contributed by atoms with Gasteiger partial charge in [-0.1, -0.05) is 79.7 Å². The summed E-state index contributed by atoms with van der Waals surface area (Å²) in [5.74, 6) is 1.18. The molecule has 2 aromatic carbocycles. The summed E-state index contributed by atoms with van der Waals surface area (Å²) in [5.41, 5.74) is 4.09. The van der Waals surface area contributed by atoms with E-state index in [1.54, 1.807) is 12.4 Å². The molecule has 0 amide bonds. The highest BCUT2D eigenvalue weighted by molar-refractivity contribution is 7.99. The second-order valence-corrected chi connectivity index (χ2v) is 8.22. The van der Waals surface area contributed by atoms with E-state index in [4.69, 9.17) is 0 Å². The van der Waals surface area contributed by atoms with Gasteiger partial charge in [0.1, 0.15) is 0 Å². The molecule has 2 aromatic heterocycles. The van der Waals surface area contributed by atoms with E-state index in [0.717, 1.165) is 40.5 Å². The van der Waals surface area contributed by atoms with Crippen molar-refractivity contribution in [2.75, 3.05) is 5.75 Å². The second-order valence-electron chi connectivity index (χ2n) is 7.27. The number of thioether (sulfide) groups is 1. The first kappa shape index (κ1) is 21.0. The van der Waals surface area contributed by atoms with Crippen molar-refractivity contribution in [3.63, 3.8) is 0 Å². The molecule has 0 aliphatic heterocycles. The fraction of sp³-hybridized carbons (Fsp3) is 0.200. The predicted molar refractivity (Wildman–Crippen MR) is 124 cm³/mol. The largest absolute Gasteiger partial charge is 0.298 e. The summed E-state index contributed by atoms with van der Waals surface area (Å²) in [7, 11) is 0.